The first-order valence-corrected chi connectivity index (χ1v) is 8.24. The van der Waals surface area contributed by atoms with Gasteiger partial charge in [0.25, 0.3) is 0 Å². The van der Waals surface area contributed by atoms with Crippen LogP contribution in [0.2, 0.25) is 0 Å². The number of hydrogen-bond acceptors (Lipinski definition) is 4. The first-order chi connectivity index (χ1) is 10.7. The fourth-order valence-electron chi connectivity index (χ4n) is 3.34. The molecule has 0 aliphatic carbocycles. The second kappa shape index (κ2) is 6.65. The van der Waals surface area contributed by atoms with Crippen LogP contribution in [0.25, 0.3) is 0 Å². The van der Waals surface area contributed by atoms with Gasteiger partial charge in [-0.05, 0) is 39.5 Å². The molecule has 23 heavy (non-hydrogen) atoms. The molecule has 2 N–H and O–H groups in total. The summed E-state index contributed by atoms with van der Waals surface area (Å²) in [6.07, 6.45) is 2.23. The van der Waals surface area contributed by atoms with E-state index in [4.69, 9.17) is 4.74 Å². The van der Waals surface area contributed by atoms with Crippen molar-refractivity contribution < 1.29 is 24.5 Å². The van der Waals surface area contributed by atoms with E-state index in [9.17, 15) is 19.8 Å². The van der Waals surface area contributed by atoms with Crippen LogP contribution in [-0.2, 0) is 9.53 Å². The lowest BCUT2D eigenvalue weighted by molar-refractivity contribution is -0.170. The quantitative estimate of drug-likeness (QED) is 0.811. The Morgan fingerprint density at radius 3 is 2.22 bits per heavy atom. The maximum atomic E-state index is 12.6. The number of ether oxygens (including phenoxy) is 1. The molecule has 2 aliphatic rings. The standard InChI is InChI=1S/C16H28N2O5/c1-15(2,13(19)20)16(22)6-8-18(9-7-16)14(21)17(3)12-4-10-23-11-5-12/h12,22H,4-11H2,1-3H3,(H,19,20). The third-order valence-electron chi connectivity index (χ3n) is 5.60. The molecule has 7 heteroatoms. The first kappa shape index (κ1) is 18.0. The Kier molecular flexibility index (Phi) is 5.20. The number of carboxylic acid groups (broad SMARTS) is 1. The number of carbonyl (C=O) groups excluding carboxylic acids is 1. The van der Waals surface area contributed by atoms with Crippen LogP contribution < -0.4 is 0 Å². The maximum absolute atomic E-state index is 12.6. The molecule has 0 bridgehead atoms. The molecule has 0 radical (unpaired) electrons. The van der Waals surface area contributed by atoms with Crippen LogP contribution in [0.4, 0.5) is 4.79 Å². The van der Waals surface area contributed by atoms with Gasteiger partial charge in [0.1, 0.15) is 0 Å². The lowest BCUT2D eigenvalue weighted by Crippen LogP contribution is -2.58. The minimum absolute atomic E-state index is 0.0490. The number of piperidine rings is 1. The monoisotopic (exact) mass is 328 g/mol. The van der Waals surface area contributed by atoms with E-state index < -0.39 is 17.0 Å². The number of amides is 2. The molecule has 2 heterocycles. The summed E-state index contributed by atoms with van der Waals surface area (Å²) in [5.74, 6) is -1.01. The Morgan fingerprint density at radius 1 is 1.22 bits per heavy atom. The van der Waals surface area contributed by atoms with Crippen molar-refractivity contribution in [3.63, 3.8) is 0 Å². The SMILES string of the molecule is CN(C(=O)N1CCC(O)(C(C)(C)C(=O)O)CC1)C1CCOCC1. The van der Waals surface area contributed by atoms with Gasteiger partial charge in [-0.3, -0.25) is 4.79 Å². The van der Waals surface area contributed by atoms with Gasteiger partial charge in [-0.1, -0.05) is 0 Å². The summed E-state index contributed by atoms with van der Waals surface area (Å²) in [4.78, 5) is 27.5. The molecule has 2 fully saturated rings. The fourth-order valence-corrected chi connectivity index (χ4v) is 3.34. The predicted octanol–water partition coefficient (Wildman–Crippen LogP) is 1.15. The molecule has 2 aliphatic heterocycles. The minimum atomic E-state index is -1.28. The Labute approximate surface area is 137 Å². The van der Waals surface area contributed by atoms with E-state index in [1.165, 1.54) is 0 Å². The Morgan fingerprint density at radius 2 is 1.74 bits per heavy atom. The van der Waals surface area contributed by atoms with Crippen molar-refractivity contribution in [3.05, 3.63) is 0 Å². The molecule has 0 aromatic heterocycles. The van der Waals surface area contributed by atoms with E-state index in [1.54, 1.807) is 30.7 Å². The van der Waals surface area contributed by atoms with Gasteiger partial charge in [0, 0.05) is 39.4 Å². The zero-order valence-electron chi connectivity index (χ0n) is 14.2. The number of carboxylic acids is 1. The zero-order valence-corrected chi connectivity index (χ0v) is 14.2. The van der Waals surface area contributed by atoms with Crippen molar-refractivity contribution in [1.29, 1.82) is 0 Å². The van der Waals surface area contributed by atoms with Gasteiger partial charge in [0.15, 0.2) is 0 Å². The van der Waals surface area contributed by atoms with Gasteiger partial charge in [0.2, 0.25) is 0 Å². The summed E-state index contributed by atoms with van der Waals surface area (Å²) < 4.78 is 5.32. The molecule has 0 spiro atoms. The molecular weight excluding hydrogens is 300 g/mol. The fraction of sp³-hybridized carbons (Fsp3) is 0.875. The zero-order chi connectivity index (χ0) is 17.3. The lowest BCUT2D eigenvalue weighted by atomic mass is 9.69. The van der Waals surface area contributed by atoms with Crippen molar-refractivity contribution in [2.75, 3.05) is 33.4 Å². The smallest absolute Gasteiger partial charge is 0.319 e. The highest BCUT2D eigenvalue weighted by atomic mass is 16.5. The van der Waals surface area contributed by atoms with Crippen LogP contribution in [-0.4, -0.2) is 77.0 Å². The number of nitrogens with zero attached hydrogens (tertiary/aromatic N) is 2. The van der Waals surface area contributed by atoms with Gasteiger partial charge in [-0.25, -0.2) is 4.79 Å². The number of aliphatic carboxylic acids is 1. The lowest BCUT2D eigenvalue weighted by Gasteiger charge is -2.46. The first-order valence-electron chi connectivity index (χ1n) is 8.24. The van der Waals surface area contributed by atoms with E-state index in [2.05, 4.69) is 0 Å². The Bertz CT molecular complexity index is 451. The van der Waals surface area contributed by atoms with Gasteiger partial charge in [-0.2, -0.15) is 0 Å². The molecule has 2 saturated heterocycles. The molecule has 2 amide bonds. The van der Waals surface area contributed by atoms with Crippen molar-refractivity contribution in [3.8, 4) is 0 Å². The molecule has 0 atom stereocenters. The summed E-state index contributed by atoms with van der Waals surface area (Å²) in [7, 11) is 1.81. The van der Waals surface area contributed by atoms with E-state index in [0.717, 1.165) is 12.8 Å². The van der Waals surface area contributed by atoms with E-state index >= 15 is 0 Å². The summed E-state index contributed by atoms with van der Waals surface area (Å²) >= 11 is 0. The second-order valence-corrected chi connectivity index (χ2v) is 7.19. The van der Waals surface area contributed by atoms with Gasteiger partial charge < -0.3 is 24.7 Å². The van der Waals surface area contributed by atoms with Crippen molar-refractivity contribution in [1.82, 2.24) is 9.80 Å². The molecule has 7 nitrogen and oxygen atoms in total. The van der Waals surface area contributed by atoms with Gasteiger partial charge in [0.05, 0.1) is 11.0 Å². The molecule has 2 rings (SSSR count). The van der Waals surface area contributed by atoms with Crippen LogP contribution in [0.15, 0.2) is 0 Å². The van der Waals surface area contributed by atoms with Crippen LogP contribution in [0, 0.1) is 5.41 Å². The number of rotatable bonds is 3. The summed E-state index contributed by atoms with van der Waals surface area (Å²) in [5.41, 5.74) is -2.51. The molecule has 132 valence electrons. The Hall–Kier alpha value is -1.34. The minimum Gasteiger partial charge on any atom is -0.481 e. The number of likely N-dealkylation sites (tertiary alicyclic amines) is 1. The second-order valence-electron chi connectivity index (χ2n) is 7.19. The molecule has 0 unspecified atom stereocenters. The summed E-state index contributed by atoms with van der Waals surface area (Å²) in [5, 5.41) is 20.0. The van der Waals surface area contributed by atoms with Crippen molar-refractivity contribution >= 4 is 12.0 Å². The third-order valence-corrected chi connectivity index (χ3v) is 5.60. The van der Waals surface area contributed by atoms with Crippen molar-refractivity contribution in [2.45, 2.75) is 51.2 Å². The highest BCUT2D eigenvalue weighted by molar-refractivity contribution is 5.76. The normalized spacial score (nSPS) is 22.7. The Balaban J connectivity index is 1.95. The highest BCUT2D eigenvalue weighted by Crippen LogP contribution is 2.39. The van der Waals surface area contributed by atoms with Crippen molar-refractivity contribution in [2.24, 2.45) is 5.41 Å². The summed E-state index contributed by atoms with van der Waals surface area (Å²) in [6.45, 7) is 5.19. The number of carbonyl (C=O) groups is 2. The molecule has 0 aromatic carbocycles. The maximum Gasteiger partial charge on any atom is 0.319 e. The number of aliphatic hydroxyl groups is 1. The van der Waals surface area contributed by atoms with E-state index in [1.807, 2.05) is 0 Å². The predicted molar refractivity (Wildman–Crippen MR) is 84.2 cm³/mol. The van der Waals surface area contributed by atoms with Gasteiger partial charge >= 0.3 is 12.0 Å². The highest BCUT2D eigenvalue weighted by Gasteiger charge is 2.51. The average molecular weight is 328 g/mol. The topological polar surface area (TPSA) is 90.3 Å². The largest absolute Gasteiger partial charge is 0.481 e. The average Bonchev–Trinajstić information content (AvgIpc) is 2.54. The number of urea groups is 1. The van der Waals surface area contributed by atoms with E-state index in [0.29, 0.717) is 26.3 Å². The summed E-state index contributed by atoms with van der Waals surface area (Å²) in [6, 6.07) is 0.139. The van der Waals surface area contributed by atoms with Crippen LogP contribution >= 0.6 is 0 Å². The van der Waals surface area contributed by atoms with Crippen LogP contribution in [0.5, 0.6) is 0 Å². The van der Waals surface area contributed by atoms with Crippen LogP contribution in [0.1, 0.15) is 39.5 Å². The third kappa shape index (κ3) is 3.45. The van der Waals surface area contributed by atoms with Crippen LogP contribution in [0.3, 0.4) is 0 Å². The van der Waals surface area contributed by atoms with Gasteiger partial charge in [-0.15, -0.1) is 0 Å². The molecule has 0 saturated carbocycles. The molecule has 0 aromatic rings. The van der Waals surface area contributed by atoms with E-state index in [-0.39, 0.29) is 24.9 Å². The molecular formula is C16H28N2O5. The number of hydrogen-bond donors (Lipinski definition) is 2.